The standard InChI is InChI=1S/C18H21NO4S/c1-4-13-6-7-14(5-2)17(12-13)24(21,22)19-16-10-8-15(9-11-16)18(20)23-3/h6-12,19H,4-5H2,1-3H3. The summed E-state index contributed by atoms with van der Waals surface area (Å²) in [6.45, 7) is 3.90. The molecule has 0 aliphatic heterocycles. The summed E-state index contributed by atoms with van der Waals surface area (Å²) >= 11 is 0. The first-order valence-corrected chi connectivity index (χ1v) is 9.22. The lowest BCUT2D eigenvalue weighted by atomic mass is 10.1. The number of hydrogen-bond donors (Lipinski definition) is 1. The van der Waals surface area contributed by atoms with Gasteiger partial charge in [-0.25, -0.2) is 13.2 Å². The van der Waals surface area contributed by atoms with E-state index in [1.165, 1.54) is 19.2 Å². The number of benzene rings is 2. The molecule has 0 amide bonds. The van der Waals surface area contributed by atoms with E-state index in [0.29, 0.717) is 22.6 Å². The molecule has 6 heteroatoms. The van der Waals surface area contributed by atoms with Crippen LogP contribution in [0.15, 0.2) is 47.4 Å². The number of carbonyl (C=O) groups is 1. The topological polar surface area (TPSA) is 72.5 Å². The van der Waals surface area contributed by atoms with Gasteiger partial charge in [0.15, 0.2) is 0 Å². The van der Waals surface area contributed by atoms with Gasteiger partial charge in [0.1, 0.15) is 0 Å². The minimum Gasteiger partial charge on any atom is -0.465 e. The Bertz CT molecular complexity index is 827. The SMILES string of the molecule is CCc1ccc(CC)c(S(=O)(=O)Nc2ccc(C(=O)OC)cc2)c1. The van der Waals surface area contributed by atoms with Crippen LogP contribution in [0, 0.1) is 0 Å². The summed E-state index contributed by atoms with van der Waals surface area (Å²) in [5.41, 5.74) is 2.49. The maximum absolute atomic E-state index is 12.7. The number of nitrogens with one attached hydrogen (secondary N) is 1. The number of ether oxygens (including phenoxy) is 1. The van der Waals surface area contributed by atoms with Crippen molar-refractivity contribution in [3.63, 3.8) is 0 Å². The van der Waals surface area contributed by atoms with E-state index in [0.717, 1.165) is 17.5 Å². The van der Waals surface area contributed by atoms with Crippen molar-refractivity contribution < 1.29 is 17.9 Å². The molecule has 0 aliphatic carbocycles. The molecule has 0 bridgehead atoms. The maximum atomic E-state index is 12.7. The quantitative estimate of drug-likeness (QED) is 0.813. The molecule has 0 atom stereocenters. The van der Waals surface area contributed by atoms with Crippen LogP contribution in [0.2, 0.25) is 0 Å². The zero-order valence-corrected chi connectivity index (χ0v) is 14.8. The molecule has 0 saturated heterocycles. The molecular formula is C18H21NO4S. The number of aryl methyl sites for hydroxylation is 2. The number of rotatable bonds is 6. The number of esters is 1. The highest BCUT2D eigenvalue weighted by atomic mass is 32.2. The normalized spacial score (nSPS) is 11.1. The summed E-state index contributed by atoms with van der Waals surface area (Å²) in [4.78, 5) is 11.7. The predicted octanol–water partition coefficient (Wildman–Crippen LogP) is 3.40. The number of anilines is 1. The number of hydrogen-bond acceptors (Lipinski definition) is 4. The predicted molar refractivity (Wildman–Crippen MR) is 93.8 cm³/mol. The molecule has 2 aromatic rings. The Balaban J connectivity index is 2.33. The van der Waals surface area contributed by atoms with Crippen molar-refractivity contribution in [1.29, 1.82) is 0 Å². The third kappa shape index (κ3) is 3.94. The van der Waals surface area contributed by atoms with Gasteiger partial charge < -0.3 is 4.74 Å². The van der Waals surface area contributed by atoms with Gasteiger partial charge in [0.05, 0.1) is 17.6 Å². The summed E-state index contributed by atoms with van der Waals surface area (Å²) in [6, 6.07) is 11.6. The van der Waals surface area contributed by atoms with Gasteiger partial charge in [-0.05, 0) is 54.3 Å². The van der Waals surface area contributed by atoms with Crippen LogP contribution in [0.5, 0.6) is 0 Å². The first-order chi connectivity index (χ1) is 11.4. The smallest absolute Gasteiger partial charge is 0.337 e. The molecule has 24 heavy (non-hydrogen) atoms. The van der Waals surface area contributed by atoms with Gasteiger partial charge in [-0.3, -0.25) is 4.72 Å². The van der Waals surface area contributed by atoms with Crippen LogP contribution < -0.4 is 4.72 Å². The van der Waals surface area contributed by atoms with E-state index in [2.05, 4.69) is 9.46 Å². The van der Waals surface area contributed by atoms with Crippen molar-refractivity contribution >= 4 is 21.7 Å². The van der Waals surface area contributed by atoms with Gasteiger partial charge >= 0.3 is 5.97 Å². The van der Waals surface area contributed by atoms with Crippen molar-refractivity contribution in [2.45, 2.75) is 31.6 Å². The highest BCUT2D eigenvalue weighted by Crippen LogP contribution is 2.22. The van der Waals surface area contributed by atoms with Gasteiger partial charge in [0, 0.05) is 5.69 Å². The lowest BCUT2D eigenvalue weighted by Gasteiger charge is -2.13. The lowest BCUT2D eigenvalue weighted by molar-refractivity contribution is 0.0601. The molecule has 0 saturated carbocycles. The first kappa shape index (κ1) is 18.0. The van der Waals surface area contributed by atoms with E-state index in [1.54, 1.807) is 18.2 Å². The number of methoxy groups -OCH3 is 1. The lowest BCUT2D eigenvalue weighted by Crippen LogP contribution is -2.15. The van der Waals surface area contributed by atoms with Crippen molar-refractivity contribution in [2.75, 3.05) is 11.8 Å². The Morgan fingerprint density at radius 2 is 1.71 bits per heavy atom. The van der Waals surface area contributed by atoms with Crippen LogP contribution in [0.1, 0.15) is 35.3 Å². The second-order valence-corrected chi connectivity index (χ2v) is 6.97. The fourth-order valence-electron chi connectivity index (χ4n) is 2.36. The van der Waals surface area contributed by atoms with E-state index in [1.807, 2.05) is 26.0 Å². The van der Waals surface area contributed by atoms with Crippen LogP contribution in [0.3, 0.4) is 0 Å². The number of carbonyl (C=O) groups excluding carboxylic acids is 1. The Morgan fingerprint density at radius 3 is 2.25 bits per heavy atom. The summed E-state index contributed by atoms with van der Waals surface area (Å²) in [5, 5.41) is 0. The highest BCUT2D eigenvalue weighted by Gasteiger charge is 2.18. The fourth-order valence-corrected chi connectivity index (χ4v) is 3.78. The molecule has 0 radical (unpaired) electrons. The van der Waals surface area contributed by atoms with E-state index >= 15 is 0 Å². The van der Waals surface area contributed by atoms with Crippen molar-refractivity contribution in [2.24, 2.45) is 0 Å². The molecule has 5 nitrogen and oxygen atoms in total. The molecule has 0 unspecified atom stereocenters. The van der Waals surface area contributed by atoms with E-state index in [9.17, 15) is 13.2 Å². The molecule has 0 fully saturated rings. The van der Waals surface area contributed by atoms with E-state index < -0.39 is 16.0 Å². The van der Waals surface area contributed by atoms with Gasteiger partial charge in [-0.1, -0.05) is 26.0 Å². The molecular weight excluding hydrogens is 326 g/mol. The summed E-state index contributed by atoms with van der Waals surface area (Å²) in [6.07, 6.45) is 1.39. The molecule has 0 aromatic heterocycles. The summed E-state index contributed by atoms with van der Waals surface area (Å²) < 4.78 is 32.6. The van der Waals surface area contributed by atoms with Gasteiger partial charge in [0.2, 0.25) is 0 Å². The fraction of sp³-hybridized carbons (Fsp3) is 0.278. The summed E-state index contributed by atoms with van der Waals surface area (Å²) in [5.74, 6) is -0.465. The molecule has 2 rings (SSSR count). The first-order valence-electron chi connectivity index (χ1n) is 7.74. The molecule has 2 aromatic carbocycles. The van der Waals surface area contributed by atoms with Crippen LogP contribution in [0.25, 0.3) is 0 Å². The van der Waals surface area contributed by atoms with Gasteiger partial charge in [0.25, 0.3) is 10.0 Å². The van der Waals surface area contributed by atoms with Gasteiger partial charge in [-0.15, -0.1) is 0 Å². The third-order valence-corrected chi connectivity index (χ3v) is 5.23. The average Bonchev–Trinajstić information content (AvgIpc) is 2.60. The Hall–Kier alpha value is -2.34. The van der Waals surface area contributed by atoms with Crippen LogP contribution >= 0.6 is 0 Å². The van der Waals surface area contributed by atoms with Crippen molar-refractivity contribution in [3.05, 3.63) is 59.2 Å². The second-order valence-electron chi connectivity index (χ2n) is 5.32. The van der Waals surface area contributed by atoms with E-state index in [-0.39, 0.29) is 0 Å². The minimum atomic E-state index is -3.69. The zero-order chi connectivity index (χ0) is 17.7. The van der Waals surface area contributed by atoms with E-state index in [4.69, 9.17) is 0 Å². The largest absolute Gasteiger partial charge is 0.465 e. The highest BCUT2D eigenvalue weighted by molar-refractivity contribution is 7.92. The molecule has 0 aliphatic rings. The third-order valence-electron chi connectivity index (χ3n) is 3.77. The molecule has 0 spiro atoms. The van der Waals surface area contributed by atoms with Gasteiger partial charge in [-0.2, -0.15) is 0 Å². The van der Waals surface area contributed by atoms with Crippen LogP contribution in [-0.2, 0) is 27.6 Å². The molecule has 128 valence electrons. The number of sulfonamides is 1. The minimum absolute atomic E-state index is 0.293. The molecule has 0 heterocycles. The summed E-state index contributed by atoms with van der Waals surface area (Å²) in [7, 11) is -2.40. The van der Waals surface area contributed by atoms with Crippen molar-refractivity contribution in [3.8, 4) is 0 Å². The molecule has 1 N–H and O–H groups in total. The second kappa shape index (κ2) is 7.49. The average molecular weight is 347 g/mol. The van der Waals surface area contributed by atoms with Crippen LogP contribution in [0.4, 0.5) is 5.69 Å². The maximum Gasteiger partial charge on any atom is 0.337 e. The Labute approximate surface area is 142 Å². The van der Waals surface area contributed by atoms with Crippen LogP contribution in [-0.4, -0.2) is 21.5 Å². The Morgan fingerprint density at radius 1 is 1.04 bits per heavy atom. The Kier molecular flexibility index (Phi) is 5.62. The zero-order valence-electron chi connectivity index (χ0n) is 14.0. The van der Waals surface area contributed by atoms with Crippen molar-refractivity contribution in [1.82, 2.24) is 0 Å². The monoisotopic (exact) mass is 347 g/mol.